The van der Waals surface area contributed by atoms with E-state index in [4.69, 9.17) is 4.74 Å². The molecule has 7 heteroatoms. The van der Waals surface area contributed by atoms with Gasteiger partial charge >= 0.3 is 5.97 Å². The summed E-state index contributed by atoms with van der Waals surface area (Å²) in [5.74, 6) is -0.479. The molecule has 0 unspecified atom stereocenters. The van der Waals surface area contributed by atoms with E-state index < -0.39 is 11.4 Å². The monoisotopic (exact) mass is 322 g/mol. The summed E-state index contributed by atoms with van der Waals surface area (Å²) < 4.78 is 6.14. The van der Waals surface area contributed by atoms with Crippen LogP contribution in [0.3, 0.4) is 0 Å². The molecule has 0 saturated carbocycles. The predicted molar refractivity (Wildman–Crippen MR) is 84.4 cm³/mol. The van der Waals surface area contributed by atoms with Crippen LogP contribution in [-0.4, -0.2) is 28.4 Å². The fourth-order valence-corrected chi connectivity index (χ4v) is 3.15. The van der Waals surface area contributed by atoms with Crippen molar-refractivity contribution in [2.24, 2.45) is 5.41 Å². The quantitative estimate of drug-likeness (QED) is 0.806. The molecule has 0 amide bonds. The predicted octanol–water partition coefficient (Wildman–Crippen LogP) is 2.17. The molecule has 2 aromatic rings. The molecule has 0 radical (unpaired) electrons. The number of Topliss-reactive ketones (excluding diaryl/α,β-unsaturated/α-hetero) is 1. The topological polar surface area (TPSA) is 78.3 Å². The molecule has 2 aromatic heterocycles. The van der Waals surface area contributed by atoms with E-state index in [-0.39, 0.29) is 17.9 Å². The van der Waals surface area contributed by atoms with Gasteiger partial charge in [-0.05, 0) is 19.4 Å². The minimum Gasteiger partial charge on any atom is -0.465 e. The number of aromatic nitrogens is 2. The molecule has 0 aliphatic heterocycles. The van der Waals surface area contributed by atoms with Gasteiger partial charge in [0.15, 0.2) is 0 Å². The van der Waals surface area contributed by atoms with Crippen LogP contribution in [0, 0.1) is 12.3 Å². The van der Waals surface area contributed by atoms with E-state index in [1.165, 1.54) is 24.9 Å². The molecule has 0 saturated heterocycles. The standard InChI is InChI=1S/C15H18N2O4S/c1-8-10-12(22-11(8)14(20)21-5)16-7-17(13(10)19)6-15(3,4)9(2)18/h7H,6H2,1-5H3. The van der Waals surface area contributed by atoms with Crippen molar-refractivity contribution in [2.45, 2.75) is 34.2 Å². The lowest BCUT2D eigenvalue weighted by Gasteiger charge is -2.21. The Bertz CT molecular complexity index is 817. The number of thiophene rings is 1. The fourth-order valence-electron chi connectivity index (χ4n) is 2.10. The second kappa shape index (κ2) is 5.64. The molecule has 0 aromatic carbocycles. The third kappa shape index (κ3) is 2.68. The lowest BCUT2D eigenvalue weighted by molar-refractivity contribution is -0.125. The van der Waals surface area contributed by atoms with E-state index in [1.807, 2.05) is 0 Å². The molecule has 22 heavy (non-hydrogen) atoms. The van der Waals surface area contributed by atoms with Gasteiger partial charge in [0.2, 0.25) is 0 Å². The summed E-state index contributed by atoms with van der Waals surface area (Å²) >= 11 is 1.14. The number of fused-ring (bicyclic) bond motifs is 1. The van der Waals surface area contributed by atoms with Crippen molar-refractivity contribution in [3.8, 4) is 0 Å². The third-order valence-electron chi connectivity index (χ3n) is 3.81. The number of nitrogens with zero attached hydrogens (tertiary/aromatic N) is 2. The number of aryl methyl sites for hydroxylation is 1. The van der Waals surface area contributed by atoms with Crippen molar-refractivity contribution in [1.82, 2.24) is 9.55 Å². The highest BCUT2D eigenvalue weighted by atomic mass is 32.1. The van der Waals surface area contributed by atoms with Crippen LogP contribution in [0.4, 0.5) is 0 Å². The van der Waals surface area contributed by atoms with Crippen LogP contribution >= 0.6 is 11.3 Å². The lowest BCUT2D eigenvalue weighted by Crippen LogP contribution is -2.33. The first-order chi connectivity index (χ1) is 10.2. The Balaban J connectivity index is 2.60. The number of rotatable bonds is 4. The summed E-state index contributed by atoms with van der Waals surface area (Å²) in [6, 6.07) is 0. The molecule has 118 valence electrons. The average Bonchev–Trinajstić information content (AvgIpc) is 2.78. The number of ketones is 1. The zero-order chi connectivity index (χ0) is 16.7. The Hall–Kier alpha value is -2.02. The zero-order valence-corrected chi connectivity index (χ0v) is 14.0. The van der Waals surface area contributed by atoms with Crippen LogP contribution in [0.5, 0.6) is 0 Å². The molecule has 0 aliphatic rings. The number of esters is 1. The fraction of sp³-hybridized carbons (Fsp3) is 0.467. The van der Waals surface area contributed by atoms with Crippen molar-refractivity contribution in [1.29, 1.82) is 0 Å². The summed E-state index contributed by atoms with van der Waals surface area (Å²) in [7, 11) is 1.30. The van der Waals surface area contributed by atoms with Gasteiger partial charge < -0.3 is 4.74 Å². The number of carbonyl (C=O) groups is 2. The molecule has 0 bridgehead atoms. The summed E-state index contributed by atoms with van der Waals surface area (Å²) in [4.78, 5) is 41.1. The van der Waals surface area contributed by atoms with Gasteiger partial charge in [0.25, 0.3) is 5.56 Å². The number of methoxy groups -OCH3 is 1. The number of ether oxygens (including phenoxy) is 1. The first-order valence-electron chi connectivity index (χ1n) is 6.77. The highest BCUT2D eigenvalue weighted by Gasteiger charge is 2.26. The highest BCUT2D eigenvalue weighted by molar-refractivity contribution is 7.20. The maximum absolute atomic E-state index is 12.6. The lowest BCUT2D eigenvalue weighted by atomic mass is 9.89. The highest BCUT2D eigenvalue weighted by Crippen LogP contribution is 2.27. The van der Waals surface area contributed by atoms with Crippen molar-refractivity contribution in [3.63, 3.8) is 0 Å². The molecule has 0 atom stereocenters. The van der Waals surface area contributed by atoms with Crippen LogP contribution in [0.1, 0.15) is 36.0 Å². The van der Waals surface area contributed by atoms with Crippen LogP contribution in [0.25, 0.3) is 10.2 Å². The molecule has 0 aliphatic carbocycles. The van der Waals surface area contributed by atoms with Crippen molar-refractivity contribution in [3.05, 3.63) is 27.1 Å². The summed E-state index contributed by atoms with van der Waals surface area (Å²) in [5, 5.41) is 0.409. The van der Waals surface area contributed by atoms with E-state index in [0.29, 0.717) is 20.7 Å². The Morgan fingerprint density at radius 1 is 1.41 bits per heavy atom. The molecular formula is C15H18N2O4S. The molecule has 6 nitrogen and oxygen atoms in total. The van der Waals surface area contributed by atoms with Gasteiger partial charge in [-0.1, -0.05) is 13.8 Å². The first kappa shape index (κ1) is 16.4. The van der Waals surface area contributed by atoms with Crippen LogP contribution in [-0.2, 0) is 16.1 Å². The van der Waals surface area contributed by atoms with E-state index in [9.17, 15) is 14.4 Å². The van der Waals surface area contributed by atoms with Gasteiger partial charge in [-0.25, -0.2) is 9.78 Å². The molecule has 0 spiro atoms. The van der Waals surface area contributed by atoms with E-state index in [0.717, 1.165) is 11.3 Å². The summed E-state index contributed by atoms with van der Waals surface area (Å²) in [6.07, 6.45) is 1.42. The van der Waals surface area contributed by atoms with Crippen LogP contribution < -0.4 is 5.56 Å². The Labute approximate surface area is 131 Å². The van der Waals surface area contributed by atoms with Gasteiger partial charge in [0.1, 0.15) is 15.5 Å². The van der Waals surface area contributed by atoms with E-state index in [2.05, 4.69) is 4.98 Å². The SMILES string of the molecule is COC(=O)c1sc2ncn(CC(C)(C)C(C)=O)c(=O)c2c1C. The van der Waals surface area contributed by atoms with Gasteiger partial charge in [0.05, 0.1) is 18.8 Å². The maximum Gasteiger partial charge on any atom is 0.348 e. The van der Waals surface area contributed by atoms with Crippen molar-refractivity contribution < 1.29 is 14.3 Å². The second-order valence-electron chi connectivity index (χ2n) is 5.85. The minimum atomic E-state index is -0.658. The average molecular weight is 322 g/mol. The van der Waals surface area contributed by atoms with E-state index >= 15 is 0 Å². The Morgan fingerprint density at radius 2 is 2.05 bits per heavy atom. The van der Waals surface area contributed by atoms with Gasteiger partial charge in [0, 0.05) is 12.0 Å². The van der Waals surface area contributed by atoms with Gasteiger partial charge in [-0.15, -0.1) is 11.3 Å². The zero-order valence-electron chi connectivity index (χ0n) is 13.2. The number of hydrogen-bond donors (Lipinski definition) is 0. The van der Waals surface area contributed by atoms with Crippen molar-refractivity contribution in [2.75, 3.05) is 7.11 Å². The molecule has 0 N–H and O–H groups in total. The number of hydrogen-bond acceptors (Lipinski definition) is 6. The summed E-state index contributed by atoms with van der Waals surface area (Å²) in [6.45, 7) is 7.02. The maximum atomic E-state index is 12.6. The van der Waals surface area contributed by atoms with Gasteiger partial charge in [-0.2, -0.15) is 0 Å². The minimum absolute atomic E-state index is 0.00297. The molecule has 2 rings (SSSR count). The van der Waals surface area contributed by atoms with Crippen LogP contribution in [0.15, 0.2) is 11.1 Å². The first-order valence-corrected chi connectivity index (χ1v) is 7.58. The van der Waals surface area contributed by atoms with E-state index in [1.54, 1.807) is 20.8 Å². The Kier molecular flexibility index (Phi) is 4.19. The second-order valence-corrected chi connectivity index (χ2v) is 6.84. The molecule has 2 heterocycles. The van der Waals surface area contributed by atoms with Gasteiger partial charge in [-0.3, -0.25) is 14.2 Å². The van der Waals surface area contributed by atoms with Crippen LogP contribution in [0.2, 0.25) is 0 Å². The Morgan fingerprint density at radius 3 is 2.59 bits per heavy atom. The number of carbonyl (C=O) groups excluding carboxylic acids is 2. The normalized spacial score (nSPS) is 11.7. The molecule has 0 fully saturated rings. The third-order valence-corrected chi connectivity index (χ3v) is 4.99. The smallest absolute Gasteiger partial charge is 0.348 e. The summed E-state index contributed by atoms with van der Waals surface area (Å²) in [5.41, 5.74) is -0.337. The molecular weight excluding hydrogens is 304 g/mol. The largest absolute Gasteiger partial charge is 0.465 e. The van der Waals surface area contributed by atoms with Crippen molar-refractivity contribution >= 4 is 33.3 Å².